The molecule has 166 valence electrons. The summed E-state index contributed by atoms with van der Waals surface area (Å²) in [4.78, 5) is 11.3. The number of hydrogen-bond acceptors (Lipinski definition) is 7. The molecule has 0 aliphatic carbocycles. The van der Waals surface area contributed by atoms with Crippen molar-refractivity contribution in [3.8, 4) is 17.0 Å². The molecule has 1 fully saturated rings. The Morgan fingerprint density at radius 1 is 1.19 bits per heavy atom. The average Bonchev–Trinajstić information content (AvgIpc) is 3.22. The van der Waals surface area contributed by atoms with Crippen LogP contribution in [0.15, 0.2) is 30.6 Å². The monoisotopic (exact) mass is 465 g/mol. The van der Waals surface area contributed by atoms with E-state index in [0.29, 0.717) is 59.5 Å². The fourth-order valence-electron chi connectivity index (χ4n) is 3.67. The Morgan fingerprint density at radius 2 is 1.94 bits per heavy atom. The Labute approximate surface area is 185 Å². The quantitative estimate of drug-likeness (QED) is 0.594. The number of rotatable bonds is 6. The molecule has 1 aliphatic rings. The van der Waals surface area contributed by atoms with E-state index < -0.39 is 10.0 Å². The van der Waals surface area contributed by atoms with E-state index in [1.807, 2.05) is 18.5 Å². The van der Waals surface area contributed by atoms with Crippen molar-refractivity contribution in [2.45, 2.75) is 13.5 Å². The fraction of sp³-hybridized carbons (Fsp3) is 0.400. The lowest BCUT2D eigenvalue weighted by molar-refractivity contribution is 0.281. The molecular formula is C20H24ClN5O4S. The third-order valence-corrected chi connectivity index (χ3v) is 7.63. The summed E-state index contributed by atoms with van der Waals surface area (Å²) in [5.41, 5.74) is 1.99. The molecule has 0 spiro atoms. The van der Waals surface area contributed by atoms with Crippen LogP contribution in [0.5, 0.6) is 5.75 Å². The minimum absolute atomic E-state index is 0.110. The number of piperazine rings is 1. The van der Waals surface area contributed by atoms with Crippen LogP contribution in [0.4, 0.5) is 5.82 Å². The minimum atomic E-state index is -3.17. The largest absolute Gasteiger partial charge is 0.495 e. The molecule has 0 atom stereocenters. The molecule has 0 radical (unpaired) electrons. The van der Waals surface area contributed by atoms with E-state index in [0.717, 1.165) is 5.82 Å². The summed E-state index contributed by atoms with van der Waals surface area (Å²) >= 11 is 6.28. The van der Waals surface area contributed by atoms with Crippen LogP contribution in [-0.4, -0.2) is 71.2 Å². The smallest absolute Gasteiger partial charge is 0.236 e. The van der Waals surface area contributed by atoms with Crippen molar-refractivity contribution in [3.05, 3.63) is 41.2 Å². The molecule has 9 nitrogen and oxygen atoms in total. The molecular weight excluding hydrogens is 442 g/mol. The number of fused-ring (bicyclic) bond motifs is 1. The molecule has 3 heterocycles. The molecule has 0 amide bonds. The van der Waals surface area contributed by atoms with Gasteiger partial charge in [0, 0.05) is 44.1 Å². The maximum absolute atomic E-state index is 12.1. The van der Waals surface area contributed by atoms with Gasteiger partial charge in [-0.2, -0.15) is 9.29 Å². The molecule has 0 unspecified atom stereocenters. The van der Waals surface area contributed by atoms with Gasteiger partial charge in [-0.15, -0.1) is 0 Å². The van der Waals surface area contributed by atoms with Gasteiger partial charge in [0.2, 0.25) is 15.8 Å². The predicted octanol–water partition coefficient (Wildman–Crippen LogP) is 2.02. The number of aliphatic hydroxyl groups is 1. The number of sulfonamides is 1. The van der Waals surface area contributed by atoms with Crippen LogP contribution in [0.25, 0.3) is 17.0 Å². The highest BCUT2D eigenvalue weighted by molar-refractivity contribution is 7.89. The van der Waals surface area contributed by atoms with Gasteiger partial charge in [-0.05, 0) is 30.7 Å². The van der Waals surface area contributed by atoms with E-state index in [4.69, 9.17) is 16.3 Å². The highest BCUT2D eigenvalue weighted by Crippen LogP contribution is 2.33. The van der Waals surface area contributed by atoms with Crippen LogP contribution >= 0.6 is 11.6 Å². The summed E-state index contributed by atoms with van der Waals surface area (Å²) in [7, 11) is -1.65. The summed E-state index contributed by atoms with van der Waals surface area (Å²) in [6, 6.07) is 5.31. The molecule has 1 saturated heterocycles. The van der Waals surface area contributed by atoms with Crippen molar-refractivity contribution in [2.75, 3.05) is 43.9 Å². The Hall–Kier alpha value is -2.40. The second kappa shape index (κ2) is 8.62. The van der Waals surface area contributed by atoms with Crippen molar-refractivity contribution in [1.82, 2.24) is 18.7 Å². The highest BCUT2D eigenvalue weighted by Gasteiger charge is 2.26. The van der Waals surface area contributed by atoms with Crippen molar-refractivity contribution >= 4 is 33.2 Å². The molecule has 3 aromatic rings. The van der Waals surface area contributed by atoms with Gasteiger partial charge in [0.05, 0.1) is 30.2 Å². The molecule has 0 saturated carbocycles. The maximum atomic E-state index is 12.1. The van der Waals surface area contributed by atoms with Gasteiger partial charge in [-0.25, -0.2) is 13.4 Å². The zero-order valence-corrected chi connectivity index (χ0v) is 18.9. The number of methoxy groups -OCH3 is 1. The average molecular weight is 466 g/mol. The van der Waals surface area contributed by atoms with Gasteiger partial charge < -0.3 is 14.7 Å². The van der Waals surface area contributed by atoms with Crippen LogP contribution < -0.4 is 9.64 Å². The van der Waals surface area contributed by atoms with Crippen LogP contribution in [0, 0.1) is 0 Å². The van der Waals surface area contributed by atoms with Gasteiger partial charge in [0.25, 0.3) is 0 Å². The summed E-state index contributed by atoms with van der Waals surface area (Å²) in [6.07, 6.45) is 3.70. The molecule has 31 heavy (non-hydrogen) atoms. The van der Waals surface area contributed by atoms with Crippen LogP contribution in [-0.2, 0) is 16.6 Å². The van der Waals surface area contributed by atoms with Crippen molar-refractivity contribution < 1.29 is 18.3 Å². The van der Waals surface area contributed by atoms with Crippen molar-refractivity contribution in [2.24, 2.45) is 0 Å². The van der Waals surface area contributed by atoms with E-state index >= 15 is 0 Å². The van der Waals surface area contributed by atoms with E-state index in [-0.39, 0.29) is 12.4 Å². The van der Waals surface area contributed by atoms with E-state index in [9.17, 15) is 13.5 Å². The van der Waals surface area contributed by atoms with Gasteiger partial charge in [-0.1, -0.05) is 11.6 Å². The van der Waals surface area contributed by atoms with Gasteiger partial charge in [-0.3, -0.25) is 4.40 Å². The fourth-order valence-corrected chi connectivity index (χ4v) is 4.99. The lowest BCUT2D eigenvalue weighted by atomic mass is 10.1. The second-order valence-electron chi connectivity index (χ2n) is 7.21. The number of nitrogens with zero attached hydrogens (tertiary/aromatic N) is 5. The first kappa shape index (κ1) is 21.8. The minimum Gasteiger partial charge on any atom is -0.495 e. The summed E-state index contributed by atoms with van der Waals surface area (Å²) in [5, 5.41) is 10.2. The molecule has 1 N–H and O–H groups in total. The number of imidazole rings is 1. The predicted molar refractivity (Wildman–Crippen MR) is 119 cm³/mol. The number of halogens is 1. The van der Waals surface area contributed by atoms with Gasteiger partial charge in [0.1, 0.15) is 11.6 Å². The molecule has 2 aromatic heterocycles. The first-order valence-corrected chi connectivity index (χ1v) is 11.9. The van der Waals surface area contributed by atoms with Crippen molar-refractivity contribution in [1.29, 1.82) is 0 Å². The lowest BCUT2D eigenvalue weighted by Crippen LogP contribution is -2.49. The molecule has 4 rings (SSSR count). The van der Waals surface area contributed by atoms with Crippen LogP contribution in [0.1, 0.15) is 12.5 Å². The Morgan fingerprint density at radius 3 is 2.58 bits per heavy atom. The van der Waals surface area contributed by atoms with E-state index in [2.05, 4.69) is 14.9 Å². The summed E-state index contributed by atoms with van der Waals surface area (Å²) in [6.45, 7) is 3.49. The Kier molecular flexibility index (Phi) is 6.07. The first-order valence-electron chi connectivity index (χ1n) is 9.92. The van der Waals surface area contributed by atoms with E-state index in [1.54, 1.807) is 23.5 Å². The first-order chi connectivity index (χ1) is 14.9. The number of benzene rings is 1. The number of aliphatic hydroxyl groups excluding tert-OH is 1. The maximum Gasteiger partial charge on any atom is 0.236 e. The standard InChI is InChI=1S/C20H24ClN5O4S/c1-3-31(28,29)26-8-6-24(7-9-26)19-4-5-25-12-17(22-20(25)23-19)15-11-16(21)18(30-2)10-14(15)13-27/h4-5,10-12,27H,3,6-9,13H2,1-2H3. The zero-order valence-electron chi connectivity index (χ0n) is 17.3. The summed E-state index contributed by atoms with van der Waals surface area (Å²) < 4.78 is 32.7. The normalized spacial score (nSPS) is 15.5. The lowest BCUT2D eigenvalue weighted by Gasteiger charge is -2.34. The summed E-state index contributed by atoms with van der Waals surface area (Å²) in [5.74, 6) is 1.85. The van der Waals surface area contributed by atoms with E-state index in [1.165, 1.54) is 11.4 Å². The number of anilines is 1. The topological polar surface area (TPSA) is 100 Å². The van der Waals surface area contributed by atoms with Crippen LogP contribution in [0.3, 0.4) is 0 Å². The van der Waals surface area contributed by atoms with Gasteiger partial charge >= 0.3 is 0 Å². The van der Waals surface area contributed by atoms with Crippen molar-refractivity contribution in [3.63, 3.8) is 0 Å². The molecule has 1 aliphatic heterocycles. The number of hydrogen-bond donors (Lipinski definition) is 1. The third-order valence-electron chi connectivity index (χ3n) is 5.46. The van der Waals surface area contributed by atoms with Crippen LogP contribution in [0.2, 0.25) is 5.02 Å². The Balaban J connectivity index is 1.61. The Bertz CT molecular complexity index is 1210. The molecule has 1 aromatic carbocycles. The zero-order chi connectivity index (χ0) is 22.2. The number of ether oxygens (including phenoxy) is 1. The highest BCUT2D eigenvalue weighted by atomic mass is 35.5. The SMILES string of the molecule is CCS(=O)(=O)N1CCN(c2ccn3cc(-c4cc(Cl)c(OC)cc4CO)nc3n2)CC1. The van der Waals surface area contributed by atoms with Gasteiger partial charge in [0.15, 0.2) is 0 Å². The molecule has 11 heteroatoms. The molecule has 0 bridgehead atoms. The second-order valence-corrected chi connectivity index (χ2v) is 9.87. The third kappa shape index (κ3) is 4.20. The number of aromatic nitrogens is 3.